The van der Waals surface area contributed by atoms with Crippen LogP contribution in [0.2, 0.25) is 0 Å². The van der Waals surface area contributed by atoms with Gasteiger partial charge in [0.05, 0.1) is 25.4 Å². The summed E-state index contributed by atoms with van der Waals surface area (Å²) in [7, 11) is 0. The second-order valence-electron chi connectivity index (χ2n) is 5.92. The minimum Gasteiger partial charge on any atom is -0.376 e. The summed E-state index contributed by atoms with van der Waals surface area (Å²) < 4.78 is 11.3. The molecule has 2 aliphatic heterocycles. The van der Waals surface area contributed by atoms with Crippen LogP contribution in [0, 0.1) is 10.1 Å². The van der Waals surface area contributed by atoms with E-state index in [4.69, 9.17) is 9.47 Å². The molecule has 0 radical (unpaired) electrons. The monoisotopic (exact) mass is 335 g/mol. The summed E-state index contributed by atoms with van der Waals surface area (Å²) in [5.74, 6) is 0. The number of hydroxylamine groups is 4. The maximum Gasteiger partial charge on any atom is 0.294 e. The average molecular weight is 335 g/mol. The van der Waals surface area contributed by atoms with Crippen LogP contribution in [-0.4, -0.2) is 83.3 Å². The molecule has 2 rings (SSSR count). The van der Waals surface area contributed by atoms with Crippen molar-refractivity contribution >= 4 is 0 Å². The highest BCUT2D eigenvalue weighted by Crippen LogP contribution is 2.15. The van der Waals surface area contributed by atoms with Crippen LogP contribution in [0.3, 0.4) is 0 Å². The van der Waals surface area contributed by atoms with Crippen molar-refractivity contribution in [2.75, 3.05) is 39.4 Å². The van der Waals surface area contributed by atoms with E-state index in [0.717, 1.165) is 0 Å². The van der Waals surface area contributed by atoms with Crippen LogP contribution < -0.4 is 0 Å². The van der Waals surface area contributed by atoms with Gasteiger partial charge in [-0.05, 0) is 25.7 Å². The topological polar surface area (TPSA) is 118 Å². The molecule has 0 aromatic heterocycles. The lowest BCUT2D eigenvalue weighted by Gasteiger charge is -2.30. The molecule has 2 aliphatic rings. The molecule has 0 aliphatic carbocycles. The third-order valence-electron chi connectivity index (χ3n) is 4.11. The molecule has 10 nitrogen and oxygen atoms in total. The summed E-state index contributed by atoms with van der Waals surface area (Å²) in [4.78, 5) is 15.2. The van der Waals surface area contributed by atoms with Gasteiger partial charge < -0.3 is 24.7 Å². The van der Waals surface area contributed by atoms with E-state index in [1.165, 1.54) is 10.1 Å². The van der Waals surface area contributed by atoms with Gasteiger partial charge in [-0.2, -0.15) is 10.1 Å². The second-order valence-corrected chi connectivity index (χ2v) is 5.92. The molecule has 2 saturated heterocycles. The van der Waals surface area contributed by atoms with Crippen LogP contribution in [0.1, 0.15) is 25.7 Å². The third kappa shape index (κ3) is 6.94. The Morgan fingerprint density at radius 3 is 1.70 bits per heavy atom. The molecule has 23 heavy (non-hydrogen) atoms. The fraction of sp³-hybridized carbons (Fsp3) is 1.00. The van der Waals surface area contributed by atoms with Crippen molar-refractivity contribution in [1.29, 1.82) is 0 Å². The maximum atomic E-state index is 10.6. The number of hydrogen-bond acceptors (Lipinski definition) is 9. The second kappa shape index (κ2) is 9.30. The Morgan fingerprint density at radius 1 is 0.957 bits per heavy atom. The van der Waals surface area contributed by atoms with Crippen LogP contribution >= 0.6 is 0 Å². The SMILES string of the molecule is O=[N+]([O-])OC(COC1CCN(O)CC1)COC1CCN(O)CC1. The van der Waals surface area contributed by atoms with E-state index < -0.39 is 11.2 Å². The predicted octanol–water partition coefficient (Wildman–Crippen LogP) is 0.304. The summed E-state index contributed by atoms with van der Waals surface area (Å²) in [6.07, 6.45) is 1.87. The number of piperidine rings is 2. The molecule has 10 heteroatoms. The zero-order valence-electron chi connectivity index (χ0n) is 13.1. The Morgan fingerprint density at radius 2 is 1.35 bits per heavy atom. The standard InChI is InChI=1S/C13H25N3O7/c17-14-5-1-11(2-6-14)21-9-13(23-16(19)20)10-22-12-3-7-15(18)8-4-12/h11-13,17-18H,1-10H2. The molecular formula is C13H25N3O7. The largest absolute Gasteiger partial charge is 0.376 e. The summed E-state index contributed by atoms with van der Waals surface area (Å²) in [5.41, 5.74) is 0. The minimum absolute atomic E-state index is 0.0334. The Hall–Kier alpha value is -1.04. The molecular weight excluding hydrogens is 310 g/mol. The Labute approximate surface area is 134 Å². The summed E-state index contributed by atoms with van der Waals surface area (Å²) in [5, 5.41) is 30.8. The van der Waals surface area contributed by atoms with Gasteiger partial charge in [0.2, 0.25) is 0 Å². The van der Waals surface area contributed by atoms with Crippen LogP contribution in [0.4, 0.5) is 0 Å². The van der Waals surface area contributed by atoms with Gasteiger partial charge in [0.25, 0.3) is 5.09 Å². The number of rotatable bonds is 8. The van der Waals surface area contributed by atoms with Crippen LogP contribution in [-0.2, 0) is 14.3 Å². The third-order valence-corrected chi connectivity index (χ3v) is 4.11. The number of ether oxygens (including phenoxy) is 2. The normalized spacial score (nSPS) is 22.6. The van der Waals surface area contributed by atoms with E-state index in [2.05, 4.69) is 4.84 Å². The summed E-state index contributed by atoms with van der Waals surface area (Å²) >= 11 is 0. The summed E-state index contributed by atoms with van der Waals surface area (Å²) in [6, 6.07) is 0. The predicted molar refractivity (Wildman–Crippen MR) is 76.5 cm³/mol. The molecule has 2 heterocycles. The maximum absolute atomic E-state index is 10.6. The molecule has 0 saturated carbocycles. The van der Waals surface area contributed by atoms with Crippen molar-refractivity contribution < 1.29 is 29.8 Å². The minimum atomic E-state index is -0.829. The molecule has 0 aromatic carbocycles. The fourth-order valence-corrected chi connectivity index (χ4v) is 2.74. The first kappa shape index (κ1) is 18.3. The van der Waals surface area contributed by atoms with E-state index >= 15 is 0 Å². The van der Waals surface area contributed by atoms with E-state index in [1.54, 1.807) is 0 Å². The van der Waals surface area contributed by atoms with Crippen molar-refractivity contribution in [2.45, 2.75) is 44.0 Å². The molecule has 0 spiro atoms. The molecule has 0 unspecified atom stereocenters. The van der Waals surface area contributed by atoms with Gasteiger partial charge in [0, 0.05) is 26.2 Å². The number of nitrogens with zero attached hydrogens (tertiary/aromatic N) is 3. The van der Waals surface area contributed by atoms with Crippen molar-refractivity contribution in [3.63, 3.8) is 0 Å². The first-order valence-electron chi connectivity index (χ1n) is 7.95. The van der Waals surface area contributed by atoms with Gasteiger partial charge >= 0.3 is 0 Å². The molecule has 2 fully saturated rings. The highest BCUT2D eigenvalue weighted by atomic mass is 17.0. The van der Waals surface area contributed by atoms with Gasteiger partial charge in [0.15, 0.2) is 6.10 Å². The van der Waals surface area contributed by atoms with Gasteiger partial charge in [-0.25, -0.2) is 0 Å². The van der Waals surface area contributed by atoms with Gasteiger partial charge in [-0.15, -0.1) is 10.1 Å². The molecule has 2 N–H and O–H groups in total. The number of hydrogen-bond donors (Lipinski definition) is 2. The lowest BCUT2D eigenvalue weighted by molar-refractivity contribution is -0.769. The highest BCUT2D eigenvalue weighted by Gasteiger charge is 2.24. The van der Waals surface area contributed by atoms with Crippen molar-refractivity contribution in [3.8, 4) is 0 Å². The van der Waals surface area contributed by atoms with Gasteiger partial charge in [-0.1, -0.05) is 0 Å². The Kier molecular flexibility index (Phi) is 7.40. The van der Waals surface area contributed by atoms with Crippen molar-refractivity contribution in [3.05, 3.63) is 10.1 Å². The fourth-order valence-electron chi connectivity index (χ4n) is 2.74. The highest BCUT2D eigenvalue weighted by molar-refractivity contribution is 4.70. The molecule has 0 aromatic rings. The van der Waals surface area contributed by atoms with Crippen molar-refractivity contribution in [1.82, 2.24) is 10.1 Å². The lowest BCUT2D eigenvalue weighted by Crippen LogP contribution is -2.39. The van der Waals surface area contributed by atoms with E-state index in [1.807, 2.05) is 0 Å². The van der Waals surface area contributed by atoms with Crippen LogP contribution in [0.15, 0.2) is 0 Å². The average Bonchev–Trinajstić information content (AvgIpc) is 2.52. The van der Waals surface area contributed by atoms with Crippen LogP contribution in [0.5, 0.6) is 0 Å². The Bertz CT molecular complexity index is 331. The zero-order chi connectivity index (χ0) is 16.7. The first-order valence-corrected chi connectivity index (χ1v) is 7.95. The zero-order valence-corrected chi connectivity index (χ0v) is 13.1. The van der Waals surface area contributed by atoms with E-state index in [0.29, 0.717) is 51.9 Å². The lowest BCUT2D eigenvalue weighted by atomic mass is 10.1. The van der Waals surface area contributed by atoms with Gasteiger partial charge in [0.1, 0.15) is 0 Å². The Balaban J connectivity index is 1.69. The van der Waals surface area contributed by atoms with Crippen LogP contribution in [0.25, 0.3) is 0 Å². The van der Waals surface area contributed by atoms with Crippen molar-refractivity contribution in [2.24, 2.45) is 0 Å². The first-order chi connectivity index (χ1) is 11.0. The molecule has 0 atom stereocenters. The molecule has 0 bridgehead atoms. The summed E-state index contributed by atoms with van der Waals surface area (Å²) in [6.45, 7) is 2.28. The molecule has 0 amide bonds. The smallest absolute Gasteiger partial charge is 0.294 e. The van der Waals surface area contributed by atoms with E-state index in [9.17, 15) is 20.5 Å². The van der Waals surface area contributed by atoms with E-state index in [-0.39, 0.29) is 25.4 Å². The quantitative estimate of drug-likeness (QED) is 0.477. The molecule has 134 valence electrons. The van der Waals surface area contributed by atoms with Gasteiger partial charge in [-0.3, -0.25) is 0 Å².